The van der Waals surface area contributed by atoms with Crippen LogP contribution in [0.2, 0.25) is 5.02 Å². The van der Waals surface area contributed by atoms with Gasteiger partial charge in [-0.25, -0.2) is 0 Å². The number of benzene rings is 1. The van der Waals surface area contributed by atoms with Crippen molar-refractivity contribution in [2.24, 2.45) is 0 Å². The molecule has 0 N–H and O–H groups in total. The summed E-state index contributed by atoms with van der Waals surface area (Å²) in [5.41, 5.74) is 2.09. The highest BCUT2D eigenvalue weighted by Crippen LogP contribution is 2.20. The molecule has 1 aromatic heterocycles. The van der Waals surface area contributed by atoms with Crippen LogP contribution in [-0.2, 0) is 6.54 Å². The highest BCUT2D eigenvalue weighted by molar-refractivity contribution is 7.12. The number of amides is 1. The highest BCUT2D eigenvalue weighted by Gasteiger charge is 2.17. The van der Waals surface area contributed by atoms with Crippen LogP contribution in [0.3, 0.4) is 0 Å². The first kappa shape index (κ1) is 14.1. The molecule has 2 nitrogen and oxygen atoms in total. The first-order valence-corrected chi connectivity index (χ1v) is 7.45. The number of carbonyl (C=O) groups excluding carboxylic acids is 1. The molecule has 1 amide bonds. The van der Waals surface area contributed by atoms with Gasteiger partial charge in [0, 0.05) is 18.1 Å². The quantitative estimate of drug-likeness (QED) is 0.819. The van der Waals surface area contributed by atoms with Crippen LogP contribution in [0.25, 0.3) is 0 Å². The Morgan fingerprint density at radius 1 is 1.37 bits per heavy atom. The molecule has 2 aromatic rings. The summed E-state index contributed by atoms with van der Waals surface area (Å²) in [7, 11) is 0. The van der Waals surface area contributed by atoms with Gasteiger partial charge in [0.15, 0.2) is 0 Å². The number of halogens is 1. The zero-order chi connectivity index (χ0) is 13.8. The van der Waals surface area contributed by atoms with Gasteiger partial charge in [0.2, 0.25) is 0 Å². The first-order chi connectivity index (χ1) is 9.11. The molecule has 0 fully saturated rings. The van der Waals surface area contributed by atoms with Crippen LogP contribution in [0.15, 0.2) is 35.7 Å². The van der Waals surface area contributed by atoms with Gasteiger partial charge < -0.3 is 4.90 Å². The molecule has 100 valence electrons. The van der Waals surface area contributed by atoms with E-state index in [2.05, 4.69) is 0 Å². The molecule has 0 bridgehead atoms. The minimum absolute atomic E-state index is 0.0926. The van der Waals surface area contributed by atoms with E-state index in [1.54, 1.807) is 0 Å². The lowest BCUT2D eigenvalue weighted by Crippen LogP contribution is -2.30. The standard InChI is InChI=1S/C15H16ClNOS/c1-3-17(10-12-5-4-6-13(16)9-12)15(18)14-11(2)7-8-19-14/h4-9H,3,10H2,1-2H3. The second-order valence-electron chi connectivity index (χ2n) is 4.38. The second kappa shape index (κ2) is 6.22. The lowest BCUT2D eigenvalue weighted by Gasteiger charge is -2.21. The molecule has 19 heavy (non-hydrogen) atoms. The van der Waals surface area contributed by atoms with Crippen LogP contribution < -0.4 is 0 Å². The summed E-state index contributed by atoms with van der Waals surface area (Å²) in [6.07, 6.45) is 0. The number of rotatable bonds is 4. The van der Waals surface area contributed by atoms with Crippen molar-refractivity contribution in [3.63, 3.8) is 0 Å². The molecule has 0 aliphatic heterocycles. The highest BCUT2D eigenvalue weighted by atomic mass is 35.5. The Labute approximate surface area is 122 Å². The fourth-order valence-corrected chi connectivity index (χ4v) is 3.02. The van der Waals surface area contributed by atoms with Gasteiger partial charge in [0.05, 0.1) is 4.88 Å². The van der Waals surface area contributed by atoms with Crippen LogP contribution in [0.4, 0.5) is 0 Å². The molecule has 0 spiro atoms. The summed E-state index contributed by atoms with van der Waals surface area (Å²) in [6, 6.07) is 9.62. The molecule has 0 atom stereocenters. The SMILES string of the molecule is CCN(Cc1cccc(Cl)c1)C(=O)c1sccc1C. The minimum Gasteiger partial charge on any atom is -0.334 e. The molecule has 1 heterocycles. The zero-order valence-electron chi connectivity index (χ0n) is 11.0. The molecule has 0 saturated heterocycles. The largest absolute Gasteiger partial charge is 0.334 e. The van der Waals surface area contributed by atoms with E-state index < -0.39 is 0 Å². The average molecular weight is 294 g/mol. The van der Waals surface area contributed by atoms with E-state index in [4.69, 9.17) is 11.6 Å². The van der Waals surface area contributed by atoms with Gasteiger partial charge in [-0.3, -0.25) is 4.79 Å². The molecule has 0 aliphatic rings. The van der Waals surface area contributed by atoms with E-state index in [9.17, 15) is 4.79 Å². The predicted octanol–water partition coefficient (Wildman–Crippen LogP) is 4.37. The normalized spacial score (nSPS) is 10.5. The first-order valence-electron chi connectivity index (χ1n) is 6.19. The fraction of sp³-hybridized carbons (Fsp3) is 0.267. The Bertz CT molecular complexity index is 579. The Balaban J connectivity index is 2.17. The topological polar surface area (TPSA) is 20.3 Å². The van der Waals surface area contributed by atoms with Crippen molar-refractivity contribution >= 4 is 28.8 Å². The summed E-state index contributed by atoms with van der Waals surface area (Å²) in [5, 5.41) is 2.66. The van der Waals surface area contributed by atoms with Gasteiger partial charge in [0.1, 0.15) is 0 Å². The third-order valence-electron chi connectivity index (χ3n) is 2.99. The van der Waals surface area contributed by atoms with Crippen molar-refractivity contribution < 1.29 is 4.79 Å². The minimum atomic E-state index is 0.0926. The second-order valence-corrected chi connectivity index (χ2v) is 5.73. The lowest BCUT2D eigenvalue weighted by molar-refractivity contribution is 0.0757. The Hall–Kier alpha value is -1.32. The van der Waals surface area contributed by atoms with Crippen LogP contribution in [-0.4, -0.2) is 17.4 Å². The summed E-state index contributed by atoms with van der Waals surface area (Å²) in [4.78, 5) is 15.1. The Morgan fingerprint density at radius 3 is 2.74 bits per heavy atom. The lowest BCUT2D eigenvalue weighted by atomic mass is 10.2. The van der Waals surface area contributed by atoms with Crippen LogP contribution >= 0.6 is 22.9 Å². The van der Waals surface area contributed by atoms with Gasteiger partial charge in [-0.1, -0.05) is 23.7 Å². The molecule has 0 aliphatic carbocycles. The van der Waals surface area contributed by atoms with Crippen LogP contribution in [0.1, 0.15) is 27.7 Å². The Morgan fingerprint density at radius 2 is 2.16 bits per heavy atom. The summed E-state index contributed by atoms with van der Waals surface area (Å²) in [6.45, 7) is 5.23. The van der Waals surface area contributed by atoms with Gasteiger partial charge in [-0.2, -0.15) is 0 Å². The number of aryl methyl sites for hydroxylation is 1. The van der Waals surface area contributed by atoms with Crippen molar-refractivity contribution in [3.8, 4) is 0 Å². The maximum atomic E-state index is 12.5. The summed E-state index contributed by atoms with van der Waals surface area (Å²) < 4.78 is 0. The number of nitrogens with zero attached hydrogens (tertiary/aromatic N) is 1. The molecule has 0 saturated carbocycles. The average Bonchev–Trinajstić information content (AvgIpc) is 2.81. The van der Waals surface area contributed by atoms with E-state index in [1.807, 2.05) is 54.5 Å². The predicted molar refractivity (Wildman–Crippen MR) is 80.9 cm³/mol. The fourth-order valence-electron chi connectivity index (χ4n) is 1.92. The maximum Gasteiger partial charge on any atom is 0.264 e. The third kappa shape index (κ3) is 3.37. The smallest absolute Gasteiger partial charge is 0.264 e. The molecule has 1 aromatic carbocycles. The third-order valence-corrected chi connectivity index (χ3v) is 4.23. The molecule has 4 heteroatoms. The van der Waals surface area contributed by atoms with Gasteiger partial charge in [0.25, 0.3) is 5.91 Å². The van der Waals surface area contributed by atoms with Gasteiger partial charge >= 0.3 is 0 Å². The number of hydrogen-bond donors (Lipinski definition) is 0. The molecular formula is C15H16ClNOS. The Kier molecular flexibility index (Phi) is 4.61. The molecule has 0 unspecified atom stereocenters. The van der Waals surface area contributed by atoms with E-state index in [1.165, 1.54) is 11.3 Å². The van der Waals surface area contributed by atoms with Crippen molar-refractivity contribution in [1.82, 2.24) is 4.90 Å². The summed E-state index contributed by atoms with van der Waals surface area (Å²) >= 11 is 7.47. The number of thiophene rings is 1. The zero-order valence-corrected chi connectivity index (χ0v) is 12.6. The van der Waals surface area contributed by atoms with E-state index in [0.717, 1.165) is 16.0 Å². The van der Waals surface area contributed by atoms with Gasteiger partial charge in [-0.05, 0) is 48.6 Å². The van der Waals surface area contributed by atoms with E-state index in [0.29, 0.717) is 18.1 Å². The van der Waals surface area contributed by atoms with Crippen molar-refractivity contribution in [3.05, 3.63) is 56.7 Å². The van der Waals surface area contributed by atoms with Gasteiger partial charge in [-0.15, -0.1) is 11.3 Å². The molecular weight excluding hydrogens is 278 g/mol. The molecule has 0 radical (unpaired) electrons. The van der Waals surface area contributed by atoms with Crippen molar-refractivity contribution in [1.29, 1.82) is 0 Å². The number of hydrogen-bond acceptors (Lipinski definition) is 2. The van der Waals surface area contributed by atoms with Crippen LogP contribution in [0, 0.1) is 6.92 Å². The van der Waals surface area contributed by atoms with E-state index in [-0.39, 0.29) is 5.91 Å². The monoisotopic (exact) mass is 293 g/mol. The maximum absolute atomic E-state index is 12.5. The van der Waals surface area contributed by atoms with Crippen molar-refractivity contribution in [2.45, 2.75) is 20.4 Å². The van der Waals surface area contributed by atoms with E-state index >= 15 is 0 Å². The molecule has 2 rings (SSSR count). The van der Waals surface area contributed by atoms with Crippen LogP contribution in [0.5, 0.6) is 0 Å². The number of carbonyl (C=O) groups is 1. The van der Waals surface area contributed by atoms with Crippen molar-refractivity contribution in [2.75, 3.05) is 6.54 Å². The summed E-state index contributed by atoms with van der Waals surface area (Å²) in [5.74, 6) is 0.0926.